The van der Waals surface area contributed by atoms with E-state index < -0.39 is 0 Å². The van der Waals surface area contributed by atoms with Crippen molar-refractivity contribution in [3.63, 3.8) is 0 Å². The van der Waals surface area contributed by atoms with Gasteiger partial charge in [0.25, 0.3) is 5.91 Å². The summed E-state index contributed by atoms with van der Waals surface area (Å²) in [4.78, 5) is 23.3. The number of fused-ring (bicyclic) bond motifs is 2. The largest absolute Gasteiger partial charge is 0.334 e. The molecule has 4 heteroatoms. The number of hydrogen-bond donors (Lipinski definition) is 0. The molecule has 0 spiro atoms. The summed E-state index contributed by atoms with van der Waals surface area (Å²) in [6.45, 7) is 1.39. The Kier molecular flexibility index (Phi) is 3.07. The highest BCUT2D eigenvalue weighted by atomic mass is 16.2. The minimum absolute atomic E-state index is 0.00584. The first kappa shape index (κ1) is 13.0. The van der Waals surface area contributed by atoms with Crippen LogP contribution in [0.5, 0.6) is 0 Å². The van der Waals surface area contributed by atoms with E-state index in [1.807, 2.05) is 23.1 Å². The number of pyridine rings is 2. The van der Waals surface area contributed by atoms with Gasteiger partial charge in [0.1, 0.15) is 0 Å². The molecule has 0 unspecified atom stereocenters. The third kappa shape index (κ3) is 2.13. The smallest absolute Gasteiger partial charge is 0.257 e. The lowest BCUT2D eigenvalue weighted by Gasteiger charge is -2.29. The van der Waals surface area contributed by atoms with Gasteiger partial charge in [0, 0.05) is 37.1 Å². The molecule has 108 valence electrons. The van der Waals surface area contributed by atoms with E-state index in [-0.39, 0.29) is 5.91 Å². The van der Waals surface area contributed by atoms with Gasteiger partial charge in [0.15, 0.2) is 0 Å². The zero-order valence-electron chi connectivity index (χ0n) is 12.1. The topological polar surface area (TPSA) is 46.1 Å². The Bertz CT molecular complexity index is 854. The SMILES string of the molecule is O=C(c1cncc2cccnc12)N1CCc2ccccc2C1. The van der Waals surface area contributed by atoms with Crippen LogP contribution in [0.15, 0.2) is 55.0 Å². The summed E-state index contributed by atoms with van der Waals surface area (Å²) in [5.74, 6) is 0.00584. The molecule has 0 saturated heterocycles. The molecule has 2 aromatic heterocycles. The van der Waals surface area contributed by atoms with Crippen molar-refractivity contribution in [2.24, 2.45) is 0 Å². The second-order valence-electron chi connectivity index (χ2n) is 5.51. The maximum atomic E-state index is 12.9. The summed E-state index contributed by atoms with van der Waals surface area (Å²) in [6, 6.07) is 12.1. The van der Waals surface area contributed by atoms with Crippen molar-refractivity contribution in [3.05, 3.63) is 71.7 Å². The second-order valence-corrected chi connectivity index (χ2v) is 5.51. The number of nitrogens with zero attached hydrogens (tertiary/aromatic N) is 3. The van der Waals surface area contributed by atoms with Gasteiger partial charge in [-0.15, -0.1) is 0 Å². The third-order valence-electron chi connectivity index (χ3n) is 4.16. The van der Waals surface area contributed by atoms with Crippen LogP contribution in [-0.4, -0.2) is 27.3 Å². The maximum Gasteiger partial charge on any atom is 0.257 e. The van der Waals surface area contributed by atoms with Crippen molar-refractivity contribution in [1.29, 1.82) is 0 Å². The van der Waals surface area contributed by atoms with Crippen molar-refractivity contribution in [3.8, 4) is 0 Å². The predicted octanol–water partition coefficient (Wildman–Crippen LogP) is 2.83. The molecule has 4 nitrogen and oxygen atoms in total. The zero-order chi connectivity index (χ0) is 14.9. The Labute approximate surface area is 128 Å². The van der Waals surface area contributed by atoms with E-state index in [0.29, 0.717) is 12.1 Å². The number of carbonyl (C=O) groups is 1. The van der Waals surface area contributed by atoms with Crippen molar-refractivity contribution in [2.45, 2.75) is 13.0 Å². The molecule has 0 fully saturated rings. The monoisotopic (exact) mass is 289 g/mol. The quantitative estimate of drug-likeness (QED) is 0.692. The lowest BCUT2D eigenvalue weighted by Crippen LogP contribution is -2.36. The van der Waals surface area contributed by atoms with Crippen molar-refractivity contribution < 1.29 is 4.79 Å². The molecule has 22 heavy (non-hydrogen) atoms. The summed E-state index contributed by atoms with van der Waals surface area (Å²) in [6.07, 6.45) is 5.97. The molecule has 0 aliphatic carbocycles. The Morgan fingerprint density at radius 1 is 1.05 bits per heavy atom. The van der Waals surface area contributed by atoms with E-state index in [1.54, 1.807) is 18.6 Å². The van der Waals surface area contributed by atoms with Gasteiger partial charge in [-0.25, -0.2) is 0 Å². The van der Waals surface area contributed by atoms with E-state index in [4.69, 9.17) is 0 Å². The van der Waals surface area contributed by atoms with E-state index in [9.17, 15) is 4.79 Å². The number of amides is 1. The molecule has 1 aromatic carbocycles. The summed E-state index contributed by atoms with van der Waals surface area (Å²) in [5.41, 5.74) is 3.86. The van der Waals surface area contributed by atoms with Gasteiger partial charge >= 0.3 is 0 Å². The van der Waals surface area contributed by atoms with Gasteiger partial charge in [0.05, 0.1) is 11.1 Å². The molecule has 0 atom stereocenters. The lowest BCUT2D eigenvalue weighted by atomic mass is 9.99. The van der Waals surface area contributed by atoms with Crippen molar-refractivity contribution >= 4 is 16.8 Å². The summed E-state index contributed by atoms with van der Waals surface area (Å²) in [5, 5.41) is 0.894. The van der Waals surface area contributed by atoms with Gasteiger partial charge < -0.3 is 4.90 Å². The molecule has 4 rings (SSSR count). The normalized spacial score (nSPS) is 13.9. The highest BCUT2D eigenvalue weighted by Gasteiger charge is 2.23. The van der Waals surface area contributed by atoms with Crippen LogP contribution in [0.1, 0.15) is 21.5 Å². The summed E-state index contributed by atoms with van der Waals surface area (Å²) < 4.78 is 0. The Hall–Kier alpha value is -2.75. The first-order valence-corrected chi connectivity index (χ1v) is 7.38. The van der Waals surface area contributed by atoms with Crippen LogP contribution < -0.4 is 0 Å². The van der Waals surface area contributed by atoms with Crippen LogP contribution in [0.2, 0.25) is 0 Å². The number of rotatable bonds is 1. The van der Waals surface area contributed by atoms with E-state index >= 15 is 0 Å². The predicted molar refractivity (Wildman–Crippen MR) is 84.4 cm³/mol. The molecule has 3 aromatic rings. The molecule has 1 aliphatic heterocycles. The van der Waals surface area contributed by atoms with Gasteiger partial charge in [-0.05, 0) is 29.7 Å². The van der Waals surface area contributed by atoms with Crippen LogP contribution in [0.4, 0.5) is 0 Å². The molecule has 3 heterocycles. The molecule has 0 radical (unpaired) electrons. The van der Waals surface area contributed by atoms with Gasteiger partial charge in [-0.1, -0.05) is 24.3 Å². The minimum atomic E-state index is 0.00584. The van der Waals surface area contributed by atoms with Crippen LogP contribution in [0.3, 0.4) is 0 Å². The fraction of sp³-hybridized carbons (Fsp3) is 0.167. The average Bonchev–Trinajstić information content (AvgIpc) is 2.60. The number of hydrogen-bond acceptors (Lipinski definition) is 3. The second kappa shape index (κ2) is 5.22. The van der Waals surface area contributed by atoms with E-state index in [2.05, 4.69) is 28.2 Å². The highest BCUT2D eigenvalue weighted by Crippen LogP contribution is 2.22. The third-order valence-corrected chi connectivity index (χ3v) is 4.16. The average molecular weight is 289 g/mol. The van der Waals surface area contributed by atoms with Gasteiger partial charge in [-0.3, -0.25) is 14.8 Å². The van der Waals surface area contributed by atoms with Gasteiger partial charge in [-0.2, -0.15) is 0 Å². The fourth-order valence-corrected chi connectivity index (χ4v) is 3.00. The van der Waals surface area contributed by atoms with Crippen LogP contribution in [0.25, 0.3) is 10.9 Å². The molecule has 0 N–H and O–H groups in total. The molecular formula is C18H15N3O. The number of aromatic nitrogens is 2. The van der Waals surface area contributed by atoms with Crippen LogP contribution in [0, 0.1) is 0 Å². The fourth-order valence-electron chi connectivity index (χ4n) is 3.00. The van der Waals surface area contributed by atoms with Crippen LogP contribution >= 0.6 is 0 Å². The van der Waals surface area contributed by atoms with E-state index in [0.717, 1.165) is 23.9 Å². The minimum Gasteiger partial charge on any atom is -0.334 e. The Morgan fingerprint density at radius 3 is 2.82 bits per heavy atom. The van der Waals surface area contributed by atoms with E-state index in [1.165, 1.54) is 11.1 Å². The number of carbonyl (C=O) groups excluding carboxylic acids is 1. The first-order valence-electron chi connectivity index (χ1n) is 7.38. The number of benzene rings is 1. The van der Waals surface area contributed by atoms with Gasteiger partial charge in [0.2, 0.25) is 0 Å². The van der Waals surface area contributed by atoms with Crippen molar-refractivity contribution in [1.82, 2.24) is 14.9 Å². The first-order chi connectivity index (χ1) is 10.8. The molecule has 0 saturated carbocycles. The Balaban J connectivity index is 1.70. The molecule has 1 aliphatic rings. The van der Waals surface area contributed by atoms with Crippen LogP contribution in [-0.2, 0) is 13.0 Å². The lowest BCUT2D eigenvalue weighted by molar-refractivity contribution is 0.0736. The standard InChI is InChI=1S/C18H15N3O/c22-18(16-11-19-10-14-6-3-8-20-17(14)16)21-9-7-13-4-1-2-5-15(13)12-21/h1-6,8,10-11H,7,9,12H2. The van der Waals surface area contributed by atoms with Crippen molar-refractivity contribution in [2.75, 3.05) is 6.54 Å². The highest BCUT2D eigenvalue weighted by molar-refractivity contribution is 6.04. The summed E-state index contributed by atoms with van der Waals surface area (Å²) in [7, 11) is 0. The molecule has 0 bridgehead atoms. The molecule has 1 amide bonds. The Morgan fingerprint density at radius 2 is 1.91 bits per heavy atom. The zero-order valence-corrected chi connectivity index (χ0v) is 12.1. The maximum absolute atomic E-state index is 12.9. The summed E-state index contributed by atoms with van der Waals surface area (Å²) >= 11 is 0. The molecular weight excluding hydrogens is 274 g/mol.